The van der Waals surface area contributed by atoms with E-state index < -0.39 is 5.97 Å². The van der Waals surface area contributed by atoms with Crippen molar-refractivity contribution in [3.8, 4) is 6.07 Å². The standard InChI is InChI=1S/C6H7NO3/c1-9-5(4-7)3-6(8)10-2/h3H,1-2H3/b5-3+. The van der Waals surface area contributed by atoms with Crippen molar-refractivity contribution < 1.29 is 14.3 Å². The van der Waals surface area contributed by atoms with Crippen LogP contribution in [0.1, 0.15) is 0 Å². The summed E-state index contributed by atoms with van der Waals surface area (Å²) in [6.45, 7) is 0. The van der Waals surface area contributed by atoms with Crippen molar-refractivity contribution in [2.24, 2.45) is 0 Å². The summed E-state index contributed by atoms with van der Waals surface area (Å²) in [5, 5.41) is 8.22. The van der Waals surface area contributed by atoms with Crippen LogP contribution < -0.4 is 0 Å². The number of hydrogen-bond donors (Lipinski definition) is 0. The number of ether oxygens (including phenoxy) is 2. The maximum atomic E-state index is 10.4. The van der Waals surface area contributed by atoms with Crippen LogP contribution in [0.4, 0.5) is 0 Å². The Labute approximate surface area is 58.7 Å². The monoisotopic (exact) mass is 141 g/mol. The second-order valence-corrected chi connectivity index (χ2v) is 1.35. The van der Waals surface area contributed by atoms with Crippen LogP contribution in [-0.4, -0.2) is 20.2 Å². The van der Waals surface area contributed by atoms with E-state index >= 15 is 0 Å². The van der Waals surface area contributed by atoms with Gasteiger partial charge >= 0.3 is 5.97 Å². The number of methoxy groups -OCH3 is 2. The van der Waals surface area contributed by atoms with Crippen molar-refractivity contribution in [2.45, 2.75) is 0 Å². The molecule has 0 radical (unpaired) electrons. The minimum absolute atomic E-state index is 0.0631. The average molecular weight is 141 g/mol. The van der Waals surface area contributed by atoms with E-state index in [0.29, 0.717) is 0 Å². The van der Waals surface area contributed by atoms with E-state index in [-0.39, 0.29) is 5.76 Å². The van der Waals surface area contributed by atoms with Gasteiger partial charge in [0.25, 0.3) is 0 Å². The maximum Gasteiger partial charge on any atom is 0.335 e. The number of rotatable bonds is 2. The zero-order chi connectivity index (χ0) is 7.98. The normalized spacial score (nSPS) is 9.90. The third-order valence-electron chi connectivity index (χ3n) is 0.780. The van der Waals surface area contributed by atoms with Gasteiger partial charge in [-0.3, -0.25) is 0 Å². The Kier molecular flexibility index (Phi) is 3.73. The molecule has 0 aliphatic rings. The summed E-state index contributed by atoms with van der Waals surface area (Å²) in [7, 11) is 2.53. The molecular formula is C6H7NO3. The van der Waals surface area contributed by atoms with E-state index in [9.17, 15) is 4.79 Å². The smallest absolute Gasteiger partial charge is 0.335 e. The van der Waals surface area contributed by atoms with Gasteiger partial charge in [-0.25, -0.2) is 4.79 Å². The Morgan fingerprint density at radius 1 is 1.50 bits per heavy atom. The first kappa shape index (κ1) is 8.50. The topological polar surface area (TPSA) is 59.3 Å². The van der Waals surface area contributed by atoms with Crippen LogP contribution >= 0.6 is 0 Å². The molecule has 4 nitrogen and oxygen atoms in total. The predicted molar refractivity (Wildman–Crippen MR) is 32.7 cm³/mol. The molecule has 10 heavy (non-hydrogen) atoms. The molecule has 0 aliphatic heterocycles. The van der Waals surface area contributed by atoms with Gasteiger partial charge in [-0.15, -0.1) is 0 Å². The van der Waals surface area contributed by atoms with Gasteiger partial charge < -0.3 is 9.47 Å². The molecular weight excluding hydrogens is 134 g/mol. The Balaban J connectivity index is 4.14. The molecule has 0 atom stereocenters. The summed E-state index contributed by atoms with van der Waals surface area (Å²) in [5.74, 6) is -0.662. The highest BCUT2D eigenvalue weighted by atomic mass is 16.5. The molecule has 0 heterocycles. The highest BCUT2D eigenvalue weighted by Crippen LogP contribution is 1.91. The van der Waals surface area contributed by atoms with Gasteiger partial charge in [0.1, 0.15) is 6.07 Å². The maximum absolute atomic E-state index is 10.4. The summed E-state index contributed by atoms with van der Waals surface area (Å²) >= 11 is 0. The van der Waals surface area contributed by atoms with Crippen LogP contribution in [0.25, 0.3) is 0 Å². The molecule has 0 saturated carbocycles. The number of hydrogen-bond acceptors (Lipinski definition) is 4. The molecule has 0 saturated heterocycles. The Hall–Kier alpha value is -1.50. The number of nitrogens with zero attached hydrogens (tertiary/aromatic N) is 1. The first-order valence-corrected chi connectivity index (χ1v) is 2.48. The number of allylic oxidation sites excluding steroid dienone is 1. The lowest BCUT2D eigenvalue weighted by Crippen LogP contribution is -1.97. The van der Waals surface area contributed by atoms with Crippen LogP contribution in [0.3, 0.4) is 0 Å². The van der Waals surface area contributed by atoms with Crippen molar-refractivity contribution in [3.63, 3.8) is 0 Å². The van der Waals surface area contributed by atoms with Gasteiger partial charge in [-0.2, -0.15) is 5.26 Å². The molecule has 0 aliphatic carbocycles. The summed E-state index contributed by atoms with van der Waals surface area (Å²) in [6, 6.07) is 1.66. The van der Waals surface area contributed by atoms with Crippen LogP contribution in [0.2, 0.25) is 0 Å². The second kappa shape index (κ2) is 4.39. The number of esters is 1. The third-order valence-corrected chi connectivity index (χ3v) is 0.780. The minimum atomic E-state index is -0.599. The lowest BCUT2D eigenvalue weighted by atomic mass is 10.5. The molecule has 0 N–H and O–H groups in total. The van der Waals surface area contributed by atoms with Crippen LogP contribution in [0.15, 0.2) is 11.8 Å². The number of carbonyl (C=O) groups excluding carboxylic acids is 1. The Morgan fingerprint density at radius 2 is 2.10 bits per heavy atom. The molecule has 0 spiro atoms. The van der Waals surface area contributed by atoms with Gasteiger partial charge in [-0.1, -0.05) is 0 Å². The molecule has 54 valence electrons. The first-order valence-electron chi connectivity index (χ1n) is 2.48. The van der Waals surface area contributed by atoms with E-state index in [0.717, 1.165) is 6.08 Å². The summed E-state index contributed by atoms with van der Waals surface area (Å²) < 4.78 is 8.71. The molecule has 0 amide bonds. The number of carbonyl (C=O) groups is 1. The minimum Gasteiger partial charge on any atom is -0.487 e. The Bertz CT molecular complexity index is 190. The van der Waals surface area contributed by atoms with E-state index in [1.807, 2.05) is 0 Å². The lowest BCUT2D eigenvalue weighted by Gasteiger charge is -1.93. The first-order chi connectivity index (χ1) is 4.74. The van der Waals surface area contributed by atoms with Crippen molar-refractivity contribution in [2.75, 3.05) is 14.2 Å². The van der Waals surface area contributed by atoms with Crippen molar-refractivity contribution in [1.29, 1.82) is 5.26 Å². The quantitative estimate of drug-likeness (QED) is 0.239. The average Bonchev–Trinajstić information content (AvgIpc) is 1.99. The fourth-order valence-corrected chi connectivity index (χ4v) is 0.303. The van der Waals surface area contributed by atoms with Gasteiger partial charge in [-0.05, 0) is 0 Å². The van der Waals surface area contributed by atoms with Crippen molar-refractivity contribution >= 4 is 5.97 Å². The highest BCUT2D eigenvalue weighted by Gasteiger charge is 1.98. The number of nitriles is 1. The van der Waals surface area contributed by atoms with Crippen LogP contribution in [0, 0.1) is 11.3 Å². The molecule has 0 bridgehead atoms. The van der Waals surface area contributed by atoms with Crippen LogP contribution in [-0.2, 0) is 14.3 Å². The lowest BCUT2D eigenvalue weighted by molar-refractivity contribution is -0.135. The van der Waals surface area contributed by atoms with E-state index in [4.69, 9.17) is 5.26 Å². The molecule has 4 heteroatoms. The molecule has 0 fully saturated rings. The zero-order valence-corrected chi connectivity index (χ0v) is 5.75. The second-order valence-electron chi connectivity index (χ2n) is 1.35. The van der Waals surface area contributed by atoms with Crippen molar-refractivity contribution in [3.05, 3.63) is 11.8 Å². The molecule has 0 aromatic heterocycles. The van der Waals surface area contributed by atoms with E-state index in [1.54, 1.807) is 6.07 Å². The highest BCUT2D eigenvalue weighted by molar-refractivity contribution is 5.82. The summed E-state index contributed by atoms with van der Waals surface area (Å²) in [5.41, 5.74) is 0. The fraction of sp³-hybridized carbons (Fsp3) is 0.333. The zero-order valence-electron chi connectivity index (χ0n) is 5.75. The van der Waals surface area contributed by atoms with Gasteiger partial charge in [0, 0.05) is 0 Å². The van der Waals surface area contributed by atoms with E-state index in [2.05, 4.69) is 9.47 Å². The Morgan fingerprint density at radius 3 is 2.40 bits per heavy atom. The summed E-state index contributed by atoms with van der Waals surface area (Å²) in [4.78, 5) is 10.4. The van der Waals surface area contributed by atoms with E-state index in [1.165, 1.54) is 14.2 Å². The fourth-order valence-electron chi connectivity index (χ4n) is 0.303. The van der Waals surface area contributed by atoms with Crippen molar-refractivity contribution in [1.82, 2.24) is 0 Å². The van der Waals surface area contributed by atoms with Crippen LogP contribution in [0.5, 0.6) is 0 Å². The molecule has 0 unspecified atom stereocenters. The molecule has 0 rings (SSSR count). The molecule has 0 aromatic rings. The third kappa shape index (κ3) is 2.72. The SMILES string of the molecule is COC(=O)/C=C(\C#N)OC. The molecule has 0 aromatic carbocycles. The summed E-state index contributed by atoms with van der Waals surface area (Å²) in [6.07, 6.45) is 0.972. The van der Waals surface area contributed by atoms with Gasteiger partial charge in [0.2, 0.25) is 5.76 Å². The predicted octanol–water partition coefficient (Wildman–Crippen LogP) is 0.213. The van der Waals surface area contributed by atoms with Gasteiger partial charge in [0.15, 0.2) is 0 Å². The van der Waals surface area contributed by atoms with Gasteiger partial charge in [0.05, 0.1) is 20.3 Å². The largest absolute Gasteiger partial charge is 0.487 e.